The van der Waals surface area contributed by atoms with Gasteiger partial charge in [-0.3, -0.25) is 14.1 Å². The largest absolute Gasteiger partial charge is 0.418 e. The molecule has 0 aromatic heterocycles. The highest BCUT2D eigenvalue weighted by Crippen LogP contribution is 2.30. The molecule has 2 fully saturated rings. The summed E-state index contributed by atoms with van der Waals surface area (Å²) < 4.78 is 34.6. The Labute approximate surface area is 140 Å². The van der Waals surface area contributed by atoms with Crippen LogP contribution in [0.5, 0.6) is 0 Å². The third-order valence-electron chi connectivity index (χ3n) is 4.40. The molecule has 0 aliphatic carbocycles. The van der Waals surface area contributed by atoms with Gasteiger partial charge in [0.15, 0.2) is 5.78 Å². The van der Waals surface area contributed by atoms with E-state index >= 15 is 0 Å². The van der Waals surface area contributed by atoms with Gasteiger partial charge in [0.1, 0.15) is 6.04 Å². The van der Waals surface area contributed by atoms with Crippen molar-refractivity contribution in [2.24, 2.45) is 5.92 Å². The number of rotatable bonds is 7. The molecule has 11 heteroatoms. The Morgan fingerprint density at radius 1 is 1.42 bits per heavy atom. The van der Waals surface area contributed by atoms with Crippen molar-refractivity contribution < 1.29 is 31.6 Å². The lowest BCUT2D eigenvalue weighted by atomic mass is 10.00. The number of piperidine rings is 1. The van der Waals surface area contributed by atoms with Crippen molar-refractivity contribution in [2.75, 3.05) is 13.1 Å². The Kier molecular flexibility index (Phi) is 5.45. The van der Waals surface area contributed by atoms with Gasteiger partial charge < -0.3 is 10.2 Å². The summed E-state index contributed by atoms with van der Waals surface area (Å²) in [6.45, 7) is 3.65. The van der Waals surface area contributed by atoms with Crippen LogP contribution in [-0.4, -0.2) is 65.8 Å². The van der Waals surface area contributed by atoms with Crippen molar-refractivity contribution in [2.45, 2.75) is 45.2 Å². The summed E-state index contributed by atoms with van der Waals surface area (Å²) in [7, 11) is -4.82. The lowest BCUT2D eigenvalue weighted by Crippen LogP contribution is -2.50. The lowest BCUT2D eigenvalue weighted by molar-refractivity contribution is -0.129. The van der Waals surface area contributed by atoms with Crippen LogP contribution < -0.4 is 5.32 Å². The molecule has 0 spiro atoms. The first-order valence-electron chi connectivity index (χ1n) is 7.71. The Morgan fingerprint density at radius 2 is 2.08 bits per heavy atom. The minimum atomic E-state index is -4.82. The SMILES string of the molecule is CCC(C)C(=O)CNC(=O)[C@@H]1CC[C@@H]2CN1C(=O)N2OS(=O)(=O)O. The fraction of sp³-hybridized carbons (Fsp3) is 0.769. The standard InChI is InChI=1S/C13H21N3O7S/c1-3-8(2)11(17)6-14-12(18)10-5-4-9-7-15(10)13(19)16(9)23-24(20,21)22/h8-10H,3-7H2,1-2H3,(H,14,18)(H,20,21,22)/t8?,9-,10+/m1/s1. The van der Waals surface area contributed by atoms with Crippen LogP contribution in [-0.2, 0) is 24.3 Å². The van der Waals surface area contributed by atoms with Gasteiger partial charge in [-0.2, -0.15) is 13.5 Å². The first-order chi connectivity index (χ1) is 11.1. The van der Waals surface area contributed by atoms with Crippen molar-refractivity contribution in [3.63, 3.8) is 0 Å². The zero-order valence-electron chi connectivity index (χ0n) is 13.5. The maximum absolute atomic E-state index is 12.3. The van der Waals surface area contributed by atoms with E-state index in [1.54, 1.807) is 6.92 Å². The smallest absolute Gasteiger partial charge is 0.347 e. The summed E-state index contributed by atoms with van der Waals surface area (Å²) >= 11 is 0. The van der Waals surface area contributed by atoms with Crippen LogP contribution in [0, 0.1) is 5.92 Å². The van der Waals surface area contributed by atoms with Crippen molar-refractivity contribution in [1.82, 2.24) is 15.3 Å². The van der Waals surface area contributed by atoms with Crippen LogP contribution in [0.1, 0.15) is 33.1 Å². The lowest BCUT2D eigenvalue weighted by Gasteiger charge is -2.29. The summed E-state index contributed by atoms with van der Waals surface area (Å²) in [5.41, 5.74) is 0. The fourth-order valence-corrected chi connectivity index (χ4v) is 3.19. The minimum Gasteiger partial charge on any atom is -0.347 e. The van der Waals surface area contributed by atoms with Gasteiger partial charge in [0, 0.05) is 12.5 Å². The second-order valence-electron chi connectivity index (χ2n) is 6.00. The van der Waals surface area contributed by atoms with E-state index in [2.05, 4.69) is 9.60 Å². The number of fused-ring (bicyclic) bond motifs is 2. The highest BCUT2D eigenvalue weighted by molar-refractivity contribution is 7.80. The summed E-state index contributed by atoms with van der Waals surface area (Å²) in [6, 6.07) is -2.15. The minimum absolute atomic E-state index is 0.0939. The number of hydroxylamine groups is 2. The van der Waals surface area contributed by atoms with E-state index in [9.17, 15) is 22.8 Å². The quantitative estimate of drug-likeness (QED) is 0.594. The Balaban J connectivity index is 1.98. The average Bonchev–Trinajstić information content (AvgIpc) is 2.75. The molecule has 10 nitrogen and oxygen atoms in total. The van der Waals surface area contributed by atoms with E-state index in [4.69, 9.17) is 4.55 Å². The van der Waals surface area contributed by atoms with E-state index in [0.29, 0.717) is 24.3 Å². The molecule has 2 aliphatic rings. The van der Waals surface area contributed by atoms with E-state index < -0.39 is 34.4 Å². The Hall–Kier alpha value is -1.72. The van der Waals surface area contributed by atoms with Crippen molar-refractivity contribution in [3.05, 3.63) is 0 Å². The van der Waals surface area contributed by atoms with Crippen LogP contribution in [0.4, 0.5) is 4.79 Å². The molecule has 0 aromatic rings. The molecule has 0 radical (unpaired) electrons. The predicted molar refractivity (Wildman–Crippen MR) is 80.9 cm³/mol. The van der Waals surface area contributed by atoms with Crippen molar-refractivity contribution in [1.29, 1.82) is 0 Å². The predicted octanol–water partition coefficient (Wildman–Crippen LogP) is -0.279. The number of hydrogen-bond acceptors (Lipinski definition) is 6. The molecule has 1 unspecified atom stereocenters. The normalized spacial score (nSPS) is 24.9. The second-order valence-corrected chi connectivity index (χ2v) is 7.01. The maximum atomic E-state index is 12.3. The number of amides is 3. The monoisotopic (exact) mass is 363 g/mol. The summed E-state index contributed by atoms with van der Waals surface area (Å²) in [5, 5.41) is 3.10. The van der Waals surface area contributed by atoms with Gasteiger partial charge in [-0.05, 0) is 19.3 Å². The first kappa shape index (κ1) is 18.6. The first-order valence-corrected chi connectivity index (χ1v) is 9.07. The molecule has 2 heterocycles. The van der Waals surface area contributed by atoms with Gasteiger partial charge in [0.2, 0.25) is 5.91 Å². The number of hydrogen-bond donors (Lipinski definition) is 2. The Morgan fingerprint density at radius 3 is 2.67 bits per heavy atom. The van der Waals surface area contributed by atoms with Gasteiger partial charge in [-0.15, -0.1) is 4.28 Å². The molecule has 2 bridgehead atoms. The van der Waals surface area contributed by atoms with E-state index in [0.717, 1.165) is 0 Å². The molecule has 2 N–H and O–H groups in total. The van der Waals surface area contributed by atoms with E-state index in [1.807, 2.05) is 6.92 Å². The summed E-state index contributed by atoms with van der Waals surface area (Å²) in [4.78, 5) is 37.4. The summed E-state index contributed by atoms with van der Waals surface area (Å²) in [6.07, 6.45) is 1.33. The number of Topliss-reactive ketones (excluding diaryl/α,β-unsaturated/α-hetero) is 1. The average molecular weight is 363 g/mol. The van der Waals surface area contributed by atoms with Crippen LogP contribution >= 0.6 is 0 Å². The van der Waals surface area contributed by atoms with Crippen molar-refractivity contribution in [3.8, 4) is 0 Å². The number of ketones is 1. The van der Waals surface area contributed by atoms with Gasteiger partial charge in [-0.1, -0.05) is 13.8 Å². The molecule has 2 rings (SSSR count). The Bertz CT molecular complexity index is 635. The topological polar surface area (TPSA) is 133 Å². The van der Waals surface area contributed by atoms with Gasteiger partial charge in [0.05, 0.1) is 12.6 Å². The van der Waals surface area contributed by atoms with E-state index in [-0.39, 0.29) is 24.8 Å². The molecule has 136 valence electrons. The van der Waals surface area contributed by atoms with Crippen LogP contribution in [0.15, 0.2) is 0 Å². The van der Waals surface area contributed by atoms with Crippen LogP contribution in [0.3, 0.4) is 0 Å². The zero-order chi connectivity index (χ0) is 18.1. The molecule has 2 aliphatic heterocycles. The van der Waals surface area contributed by atoms with Crippen LogP contribution in [0.2, 0.25) is 0 Å². The zero-order valence-corrected chi connectivity index (χ0v) is 14.3. The molecular weight excluding hydrogens is 342 g/mol. The molecular formula is C13H21N3O7S. The molecule has 0 saturated carbocycles. The number of carbonyl (C=O) groups is 3. The molecule has 3 amide bonds. The maximum Gasteiger partial charge on any atom is 0.418 e. The molecule has 24 heavy (non-hydrogen) atoms. The number of carbonyl (C=O) groups excluding carboxylic acids is 3. The van der Waals surface area contributed by atoms with Gasteiger partial charge in [-0.25, -0.2) is 4.79 Å². The third kappa shape index (κ3) is 4.02. The van der Waals surface area contributed by atoms with E-state index in [1.165, 1.54) is 4.90 Å². The molecule has 0 aromatic carbocycles. The highest BCUT2D eigenvalue weighted by Gasteiger charge is 2.49. The summed E-state index contributed by atoms with van der Waals surface area (Å²) in [5.74, 6) is -0.719. The van der Waals surface area contributed by atoms with Gasteiger partial charge in [0.25, 0.3) is 0 Å². The number of nitrogens with one attached hydrogen (secondary N) is 1. The number of nitrogens with zero attached hydrogens (tertiary/aromatic N) is 2. The van der Waals surface area contributed by atoms with Gasteiger partial charge >= 0.3 is 16.4 Å². The number of urea groups is 1. The second kappa shape index (κ2) is 7.03. The van der Waals surface area contributed by atoms with Crippen LogP contribution in [0.25, 0.3) is 0 Å². The van der Waals surface area contributed by atoms with Crippen molar-refractivity contribution >= 4 is 28.1 Å². The highest BCUT2D eigenvalue weighted by atomic mass is 32.3. The molecule has 2 saturated heterocycles. The third-order valence-corrected chi connectivity index (χ3v) is 4.75. The molecule has 3 atom stereocenters. The fourth-order valence-electron chi connectivity index (χ4n) is 2.80.